The van der Waals surface area contributed by atoms with E-state index in [1.54, 1.807) is 12.1 Å². The second-order valence-electron chi connectivity index (χ2n) is 8.47. The Balaban J connectivity index is 1.62. The number of pyridine rings is 1. The maximum absolute atomic E-state index is 12.5. The summed E-state index contributed by atoms with van der Waals surface area (Å²) in [6.07, 6.45) is 4.42. The zero-order valence-electron chi connectivity index (χ0n) is 19.7. The molecule has 3 rings (SSSR count). The molecule has 33 heavy (non-hydrogen) atoms. The van der Waals surface area contributed by atoms with E-state index in [1.807, 2.05) is 30.9 Å². The van der Waals surface area contributed by atoms with Crippen molar-refractivity contribution in [1.82, 2.24) is 9.88 Å². The topological polar surface area (TPSA) is 95.0 Å². The normalized spacial score (nSPS) is 14.5. The molecular weight excluding hydrogens is 420 g/mol. The largest absolute Gasteiger partial charge is 0.478 e. The molecule has 0 aliphatic carbocycles. The fourth-order valence-corrected chi connectivity index (χ4v) is 4.10. The highest BCUT2D eigenvalue weighted by molar-refractivity contribution is 6.05. The first-order valence-corrected chi connectivity index (χ1v) is 11.5. The smallest absolute Gasteiger partial charge is 0.339 e. The Hall–Kier alpha value is -2.97. The number of nitrogens with one attached hydrogen (secondary N) is 1. The van der Waals surface area contributed by atoms with Gasteiger partial charge < -0.3 is 25.0 Å². The van der Waals surface area contributed by atoms with Crippen LogP contribution in [0.15, 0.2) is 36.5 Å². The lowest BCUT2D eigenvalue weighted by Gasteiger charge is -2.37. The summed E-state index contributed by atoms with van der Waals surface area (Å²) in [5, 5.41) is 12.5. The second-order valence-corrected chi connectivity index (χ2v) is 8.47. The van der Waals surface area contributed by atoms with Crippen molar-refractivity contribution < 1.29 is 19.4 Å². The molecule has 1 aliphatic heterocycles. The van der Waals surface area contributed by atoms with Gasteiger partial charge >= 0.3 is 5.97 Å². The summed E-state index contributed by atoms with van der Waals surface area (Å²) in [5.74, 6) is -0.901. The van der Waals surface area contributed by atoms with Crippen molar-refractivity contribution in [3.05, 3.63) is 53.2 Å². The molecule has 0 saturated carbocycles. The molecule has 2 heterocycles. The van der Waals surface area contributed by atoms with E-state index in [0.29, 0.717) is 23.1 Å². The number of aromatic nitrogens is 1. The number of benzene rings is 1. The van der Waals surface area contributed by atoms with Crippen LogP contribution >= 0.6 is 0 Å². The predicted octanol–water partition coefficient (Wildman–Crippen LogP) is 3.67. The van der Waals surface area contributed by atoms with Crippen molar-refractivity contribution in [1.29, 1.82) is 0 Å². The molecule has 1 saturated heterocycles. The zero-order chi connectivity index (χ0) is 23.8. The van der Waals surface area contributed by atoms with Crippen LogP contribution in [0, 0.1) is 6.92 Å². The number of piperidine rings is 1. The number of carbonyl (C=O) groups excluding carboxylic acids is 1. The molecule has 1 fully saturated rings. The third kappa shape index (κ3) is 6.76. The molecule has 1 aliphatic rings. The van der Waals surface area contributed by atoms with E-state index in [9.17, 15) is 14.7 Å². The summed E-state index contributed by atoms with van der Waals surface area (Å²) < 4.78 is 5.42. The van der Waals surface area contributed by atoms with Gasteiger partial charge in [-0.15, -0.1) is 0 Å². The molecule has 1 aromatic heterocycles. The Morgan fingerprint density at radius 3 is 2.58 bits per heavy atom. The molecular formula is C25H34N4O4. The highest BCUT2D eigenvalue weighted by atomic mass is 16.5. The molecule has 1 aromatic carbocycles. The van der Waals surface area contributed by atoms with Gasteiger partial charge in [-0.05, 0) is 58.4 Å². The zero-order valence-corrected chi connectivity index (χ0v) is 19.7. The van der Waals surface area contributed by atoms with Gasteiger partial charge in [-0.1, -0.05) is 17.7 Å². The lowest BCUT2D eigenvalue weighted by Crippen LogP contribution is -2.44. The number of aromatic carboxylic acids is 1. The lowest BCUT2D eigenvalue weighted by atomic mass is 10.0. The SMILES string of the molecule is CCOCCCN(C)C1CCN(c2ncc(NC(=O)c3ccc(C)cc3)cc2C(=O)O)CC1. The number of rotatable bonds is 10. The summed E-state index contributed by atoms with van der Waals surface area (Å²) in [7, 11) is 2.14. The minimum Gasteiger partial charge on any atom is -0.478 e. The van der Waals surface area contributed by atoms with Crippen LogP contribution in [0.3, 0.4) is 0 Å². The number of hydrogen-bond acceptors (Lipinski definition) is 6. The standard InChI is InChI=1S/C25H34N4O4/c1-4-33-15-5-12-28(3)21-10-13-29(14-11-21)23-22(25(31)32)16-20(17-26-23)27-24(30)19-8-6-18(2)7-9-19/h6-9,16-17,21H,4-5,10-15H2,1-3H3,(H,27,30)(H,31,32). The van der Waals surface area contributed by atoms with Crippen LogP contribution in [0.5, 0.6) is 0 Å². The summed E-state index contributed by atoms with van der Waals surface area (Å²) in [6.45, 7) is 7.94. The fraction of sp³-hybridized carbons (Fsp3) is 0.480. The van der Waals surface area contributed by atoms with Crippen LogP contribution < -0.4 is 10.2 Å². The average Bonchev–Trinajstić information content (AvgIpc) is 2.82. The highest BCUT2D eigenvalue weighted by Gasteiger charge is 2.26. The van der Waals surface area contributed by atoms with Crippen molar-refractivity contribution in [2.24, 2.45) is 0 Å². The Kier molecular flexibility index (Phi) is 8.79. The molecule has 0 spiro atoms. The number of aryl methyl sites for hydroxylation is 1. The van der Waals surface area contributed by atoms with Crippen molar-refractivity contribution >= 4 is 23.4 Å². The Labute approximate surface area is 195 Å². The summed E-state index contributed by atoms with van der Waals surface area (Å²) in [6, 6.07) is 9.15. The van der Waals surface area contributed by atoms with Crippen LogP contribution in [-0.2, 0) is 4.74 Å². The summed E-state index contributed by atoms with van der Waals surface area (Å²) in [5.41, 5.74) is 2.03. The van der Waals surface area contributed by atoms with Gasteiger partial charge in [0.15, 0.2) is 0 Å². The van der Waals surface area contributed by atoms with Gasteiger partial charge in [0.25, 0.3) is 5.91 Å². The number of carbonyl (C=O) groups is 2. The van der Waals surface area contributed by atoms with Crippen LogP contribution in [0.25, 0.3) is 0 Å². The molecule has 8 nitrogen and oxygen atoms in total. The van der Waals surface area contributed by atoms with Crippen molar-refractivity contribution in [2.75, 3.05) is 50.1 Å². The third-order valence-electron chi connectivity index (χ3n) is 6.06. The van der Waals surface area contributed by atoms with E-state index < -0.39 is 5.97 Å². The first-order chi connectivity index (χ1) is 15.9. The number of nitrogens with zero attached hydrogens (tertiary/aromatic N) is 3. The van der Waals surface area contributed by atoms with E-state index in [-0.39, 0.29) is 11.5 Å². The molecule has 0 atom stereocenters. The quantitative estimate of drug-likeness (QED) is 0.529. The van der Waals surface area contributed by atoms with Gasteiger partial charge in [-0.3, -0.25) is 4.79 Å². The van der Waals surface area contributed by atoms with E-state index in [0.717, 1.165) is 57.7 Å². The Bertz CT molecular complexity index is 940. The first-order valence-electron chi connectivity index (χ1n) is 11.5. The average molecular weight is 455 g/mol. The van der Waals surface area contributed by atoms with Crippen molar-refractivity contribution in [3.63, 3.8) is 0 Å². The van der Waals surface area contributed by atoms with Crippen LogP contribution in [-0.4, -0.2) is 72.8 Å². The maximum Gasteiger partial charge on any atom is 0.339 e. The molecule has 0 unspecified atom stereocenters. The van der Waals surface area contributed by atoms with Crippen LogP contribution in [0.1, 0.15) is 52.5 Å². The van der Waals surface area contributed by atoms with Crippen molar-refractivity contribution in [2.45, 2.75) is 39.2 Å². The highest BCUT2D eigenvalue weighted by Crippen LogP contribution is 2.26. The van der Waals surface area contributed by atoms with Gasteiger partial charge in [0.05, 0.1) is 11.9 Å². The minimum absolute atomic E-state index is 0.0974. The number of hydrogen-bond donors (Lipinski definition) is 2. The van der Waals surface area contributed by atoms with E-state index in [2.05, 4.69) is 22.2 Å². The third-order valence-corrected chi connectivity index (χ3v) is 6.06. The number of ether oxygens (including phenoxy) is 1. The predicted molar refractivity (Wildman–Crippen MR) is 129 cm³/mol. The summed E-state index contributed by atoms with van der Waals surface area (Å²) in [4.78, 5) is 33.3. The molecule has 1 amide bonds. The maximum atomic E-state index is 12.5. The number of carboxylic acids is 1. The number of carboxylic acid groups (broad SMARTS) is 1. The second kappa shape index (κ2) is 11.8. The molecule has 0 bridgehead atoms. The summed E-state index contributed by atoms with van der Waals surface area (Å²) >= 11 is 0. The lowest BCUT2D eigenvalue weighted by molar-refractivity contribution is 0.0696. The van der Waals surface area contributed by atoms with E-state index in [1.165, 1.54) is 12.3 Å². The van der Waals surface area contributed by atoms with Gasteiger partial charge in [0.1, 0.15) is 11.4 Å². The molecule has 8 heteroatoms. The monoisotopic (exact) mass is 454 g/mol. The molecule has 2 N–H and O–H groups in total. The Morgan fingerprint density at radius 2 is 1.94 bits per heavy atom. The van der Waals surface area contributed by atoms with Gasteiger partial charge in [-0.2, -0.15) is 0 Å². The Morgan fingerprint density at radius 1 is 1.24 bits per heavy atom. The fourth-order valence-electron chi connectivity index (χ4n) is 4.10. The molecule has 2 aromatic rings. The van der Waals surface area contributed by atoms with Crippen molar-refractivity contribution in [3.8, 4) is 0 Å². The van der Waals surface area contributed by atoms with Crippen LogP contribution in [0.2, 0.25) is 0 Å². The molecule has 0 radical (unpaired) electrons. The molecule has 178 valence electrons. The first kappa shape index (κ1) is 24.7. The number of amides is 1. The number of anilines is 2. The van der Waals surface area contributed by atoms with Gasteiger partial charge in [0, 0.05) is 44.5 Å². The van der Waals surface area contributed by atoms with Gasteiger partial charge in [0.2, 0.25) is 0 Å². The van der Waals surface area contributed by atoms with E-state index in [4.69, 9.17) is 4.74 Å². The van der Waals surface area contributed by atoms with Gasteiger partial charge in [-0.25, -0.2) is 9.78 Å². The van der Waals surface area contributed by atoms with Crippen LogP contribution in [0.4, 0.5) is 11.5 Å². The van der Waals surface area contributed by atoms with E-state index >= 15 is 0 Å². The minimum atomic E-state index is -1.06.